The summed E-state index contributed by atoms with van der Waals surface area (Å²) in [4.78, 5) is 17.7. The molecule has 4 heterocycles. The summed E-state index contributed by atoms with van der Waals surface area (Å²) in [6.45, 7) is 2.77. The number of piperazine rings is 1. The van der Waals surface area contributed by atoms with E-state index in [-0.39, 0.29) is 18.5 Å². The molecule has 2 aliphatic carbocycles. The van der Waals surface area contributed by atoms with Gasteiger partial charge in [-0.15, -0.1) is 0 Å². The first kappa shape index (κ1) is 19.2. The molecule has 164 valence electrons. The summed E-state index contributed by atoms with van der Waals surface area (Å²) < 4.78 is 27.8. The molecule has 7 nitrogen and oxygen atoms in total. The van der Waals surface area contributed by atoms with Crippen LogP contribution in [0.25, 0.3) is 0 Å². The van der Waals surface area contributed by atoms with Crippen molar-refractivity contribution in [2.75, 3.05) is 47.8 Å². The topological polar surface area (TPSA) is 69.2 Å². The van der Waals surface area contributed by atoms with Gasteiger partial charge in [-0.2, -0.15) is 0 Å². The number of anilines is 4. The van der Waals surface area contributed by atoms with E-state index in [2.05, 4.69) is 30.5 Å². The summed E-state index contributed by atoms with van der Waals surface area (Å²) in [5, 5.41) is 6.87. The van der Waals surface area contributed by atoms with Gasteiger partial charge in [-0.3, -0.25) is 4.98 Å². The fraction of sp³-hybridized carbons (Fsp3) is 0.591. The molecule has 1 spiro atoms. The van der Waals surface area contributed by atoms with Gasteiger partial charge in [0.05, 0.1) is 24.6 Å². The van der Waals surface area contributed by atoms with E-state index in [0.717, 1.165) is 31.0 Å². The third-order valence-corrected chi connectivity index (χ3v) is 6.81. The number of nitrogens with zero attached hydrogens (tertiary/aromatic N) is 5. The molecule has 0 radical (unpaired) electrons. The predicted molar refractivity (Wildman–Crippen MR) is 115 cm³/mol. The first-order valence-electron chi connectivity index (χ1n) is 11.2. The van der Waals surface area contributed by atoms with Crippen LogP contribution >= 0.6 is 0 Å². The van der Waals surface area contributed by atoms with Gasteiger partial charge in [0, 0.05) is 61.9 Å². The summed E-state index contributed by atoms with van der Waals surface area (Å²) >= 11 is 0. The molecule has 2 aromatic rings. The maximum absolute atomic E-state index is 13.9. The molecule has 0 bridgehead atoms. The standard InChI is InChI=1S/C22H27F2N7/c23-22(24)5-7-31(14-22)20-10-16(30-8-6-27-21(13-30)3-4-21)9-18(29-20)28-19-12-25-17(11-26-19)15-1-2-15/h9-12,15,27H,1-8,13-14H2,(H,26,28,29). The van der Waals surface area contributed by atoms with Crippen LogP contribution in [0.5, 0.6) is 0 Å². The van der Waals surface area contributed by atoms with Gasteiger partial charge in [0.15, 0.2) is 0 Å². The molecule has 0 atom stereocenters. The zero-order valence-electron chi connectivity index (χ0n) is 17.4. The number of hydrogen-bond acceptors (Lipinski definition) is 7. The molecule has 2 aromatic heterocycles. The normalized spacial score (nSPS) is 23.9. The first-order valence-corrected chi connectivity index (χ1v) is 11.2. The van der Waals surface area contributed by atoms with Crippen molar-refractivity contribution in [1.29, 1.82) is 0 Å². The molecular formula is C22H27F2N7. The van der Waals surface area contributed by atoms with Gasteiger partial charge in [-0.25, -0.2) is 18.7 Å². The van der Waals surface area contributed by atoms with E-state index in [1.165, 1.54) is 25.7 Å². The van der Waals surface area contributed by atoms with Crippen LogP contribution < -0.4 is 20.4 Å². The fourth-order valence-corrected chi connectivity index (χ4v) is 4.63. The minimum absolute atomic E-state index is 0.132. The third-order valence-electron chi connectivity index (χ3n) is 6.81. The summed E-state index contributed by atoms with van der Waals surface area (Å²) in [6, 6.07) is 3.95. The van der Waals surface area contributed by atoms with E-state index >= 15 is 0 Å². The zero-order valence-corrected chi connectivity index (χ0v) is 17.4. The highest BCUT2D eigenvalue weighted by molar-refractivity contribution is 5.66. The van der Waals surface area contributed by atoms with E-state index in [9.17, 15) is 8.78 Å². The van der Waals surface area contributed by atoms with Crippen LogP contribution in [0.3, 0.4) is 0 Å². The Kier molecular flexibility index (Phi) is 4.31. The van der Waals surface area contributed by atoms with Crippen molar-refractivity contribution in [1.82, 2.24) is 20.3 Å². The van der Waals surface area contributed by atoms with Crippen LogP contribution in [0.15, 0.2) is 24.5 Å². The van der Waals surface area contributed by atoms with E-state index < -0.39 is 5.92 Å². The molecule has 2 N–H and O–H groups in total. The minimum atomic E-state index is -2.66. The van der Waals surface area contributed by atoms with Crippen molar-refractivity contribution in [2.24, 2.45) is 0 Å². The third kappa shape index (κ3) is 4.03. The van der Waals surface area contributed by atoms with E-state index in [1.807, 2.05) is 18.3 Å². The highest BCUT2D eigenvalue weighted by atomic mass is 19.3. The quantitative estimate of drug-likeness (QED) is 0.759. The monoisotopic (exact) mass is 427 g/mol. The lowest BCUT2D eigenvalue weighted by atomic mass is 10.1. The van der Waals surface area contributed by atoms with Gasteiger partial charge < -0.3 is 20.4 Å². The summed E-state index contributed by atoms with van der Waals surface area (Å²) in [7, 11) is 0. The Morgan fingerprint density at radius 1 is 0.968 bits per heavy atom. The van der Waals surface area contributed by atoms with Gasteiger partial charge in [-0.05, 0) is 25.7 Å². The summed E-state index contributed by atoms with van der Waals surface area (Å²) in [5.41, 5.74) is 2.26. The van der Waals surface area contributed by atoms with Crippen molar-refractivity contribution < 1.29 is 8.78 Å². The number of alkyl halides is 2. The van der Waals surface area contributed by atoms with Crippen molar-refractivity contribution in [2.45, 2.75) is 49.5 Å². The highest BCUT2D eigenvalue weighted by Gasteiger charge is 2.46. The SMILES string of the molecule is FC1(F)CCN(c2cc(N3CCNC4(CC4)C3)cc(Nc3cnc(C4CC4)cn3)n2)C1. The molecule has 4 aliphatic rings. The molecule has 0 aromatic carbocycles. The maximum atomic E-state index is 13.9. The molecule has 2 saturated carbocycles. The number of aromatic nitrogens is 3. The molecule has 9 heteroatoms. The Labute approximate surface area is 180 Å². The van der Waals surface area contributed by atoms with Crippen molar-refractivity contribution >= 4 is 23.1 Å². The Balaban J connectivity index is 1.29. The van der Waals surface area contributed by atoms with Crippen LogP contribution in [0.2, 0.25) is 0 Å². The lowest BCUT2D eigenvalue weighted by Crippen LogP contribution is -2.52. The minimum Gasteiger partial charge on any atom is -0.368 e. The molecule has 2 saturated heterocycles. The Morgan fingerprint density at radius 3 is 2.52 bits per heavy atom. The second kappa shape index (κ2) is 6.98. The number of hydrogen-bond donors (Lipinski definition) is 2. The van der Waals surface area contributed by atoms with Crippen molar-refractivity contribution in [3.8, 4) is 0 Å². The molecule has 0 amide bonds. The smallest absolute Gasteiger partial charge is 0.266 e. The molecule has 2 aliphatic heterocycles. The molecule has 6 rings (SSSR count). The average Bonchev–Trinajstić information content (AvgIpc) is 3.69. The lowest BCUT2D eigenvalue weighted by molar-refractivity contribution is 0.0256. The Morgan fingerprint density at radius 2 is 1.84 bits per heavy atom. The van der Waals surface area contributed by atoms with Gasteiger partial charge in [-0.1, -0.05) is 0 Å². The number of halogens is 2. The second-order valence-electron chi connectivity index (χ2n) is 9.45. The first-order chi connectivity index (χ1) is 15.0. The van der Waals surface area contributed by atoms with Crippen LogP contribution in [0, 0.1) is 0 Å². The maximum Gasteiger partial charge on any atom is 0.266 e. The molecule has 31 heavy (non-hydrogen) atoms. The largest absolute Gasteiger partial charge is 0.368 e. The fourth-order valence-electron chi connectivity index (χ4n) is 4.63. The van der Waals surface area contributed by atoms with Crippen LogP contribution in [0.1, 0.15) is 43.7 Å². The van der Waals surface area contributed by atoms with Gasteiger partial charge in [0.1, 0.15) is 17.5 Å². The summed E-state index contributed by atoms with van der Waals surface area (Å²) in [6.07, 6.45) is 8.16. The molecule has 0 unspecified atom stereocenters. The number of nitrogens with one attached hydrogen (secondary N) is 2. The van der Waals surface area contributed by atoms with E-state index in [1.54, 1.807) is 11.1 Å². The number of rotatable bonds is 5. The van der Waals surface area contributed by atoms with Gasteiger partial charge in [0.25, 0.3) is 5.92 Å². The second-order valence-corrected chi connectivity index (χ2v) is 9.45. The highest BCUT2D eigenvalue weighted by Crippen LogP contribution is 2.40. The van der Waals surface area contributed by atoms with Crippen molar-refractivity contribution in [3.05, 3.63) is 30.2 Å². The van der Waals surface area contributed by atoms with E-state index in [0.29, 0.717) is 29.9 Å². The van der Waals surface area contributed by atoms with Crippen LogP contribution in [-0.2, 0) is 0 Å². The molecular weight excluding hydrogens is 400 g/mol. The van der Waals surface area contributed by atoms with E-state index in [4.69, 9.17) is 0 Å². The average molecular weight is 428 g/mol. The Bertz CT molecular complexity index is 972. The van der Waals surface area contributed by atoms with Crippen LogP contribution in [-0.4, -0.2) is 59.1 Å². The molecule has 4 fully saturated rings. The lowest BCUT2D eigenvalue weighted by Gasteiger charge is -2.36. The van der Waals surface area contributed by atoms with Crippen LogP contribution in [0.4, 0.5) is 31.9 Å². The predicted octanol–water partition coefficient (Wildman–Crippen LogP) is 3.28. The van der Waals surface area contributed by atoms with Crippen molar-refractivity contribution in [3.63, 3.8) is 0 Å². The Hall–Kier alpha value is -2.55. The summed E-state index contributed by atoms with van der Waals surface area (Å²) in [5.74, 6) is -0.301. The zero-order chi connectivity index (χ0) is 21.1. The van der Waals surface area contributed by atoms with Gasteiger partial charge >= 0.3 is 0 Å². The van der Waals surface area contributed by atoms with Gasteiger partial charge in [0.2, 0.25) is 0 Å². The number of pyridine rings is 1.